The number of carbonyl (C=O) groups excluding carboxylic acids is 2. The quantitative estimate of drug-likeness (QED) is 0.752. The number of nitrogens with zero attached hydrogens (tertiary/aromatic N) is 1. The molecular weight excluding hydrogens is 350 g/mol. The Morgan fingerprint density at radius 3 is 2.83 bits per heavy atom. The molecule has 0 aliphatic carbocycles. The van der Waals surface area contributed by atoms with Crippen molar-refractivity contribution in [3.05, 3.63) is 12.1 Å². The summed E-state index contributed by atoms with van der Waals surface area (Å²) >= 11 is 2.54. The Kier molecular flexibility index (Phi) is 5.20. The topological polar surface area (TPSA) is 93.3 Å². The fraction of sp³-hybridized carbons (Fsp3) is 0.400. The zero-order valence-corrected chi connectivity index (χ0v) is 14.9. The van der Waals surface area contributed by atoms with Gasteiger partial charge in [0.25, 0.3) is 0 Å². The van der Waals surface area contributed by atoms with Crippen LogP contribution in [0.5, 0.6) is 11.5 Å². The number of thioether (sulfide) groups is 2. The Morgan fingerprint density at radius 2 is 2.17 bits per heavy atom. The first kappa shape index (κ1) is 17.0. The molecule has 1 aromatic heterocycles. The van der Waals surface area contributed by atoms with Crippen LogP contribution in [0.15, 0.2) is 17.3 Å². The van der Waals surface area contributed by atoms with Crippen LogP contribution in [0.3, 0.4) is 0 Å². The van der Waals surface area contributed by atoms with E-state index in [1.54, 1.807) is 26.4 Å². The lowest BCUT2D eigenvalue weighted by Gasteiger charge is -2.08. The second kappa shape index (κ2) is 7.35. The number of imidazole rings is 1. The van der Waals surface area contributed by atoms with Gasteiger partial charge in [0.05, 0.1) is 26.0 Å². The average Bonchev–Trinajstić information content (AvgIpc) is 3.18. The van der Waals surface area contributed by atoms with Gasteiger partial charge in [-0.15, -0.1) is 0 Å². The van der Waals surface area contributed by atoms with Crippen molar-refractivity contribution in [2.75, 3.05) is 25.7 Å². The number of hydrogen-bond acceptors (Lipinski definition) is 7. The number of nitrogens with one attached hydrogen (secondary N) is 2. The lowest BCUT2D eigenvalue weighted by atomic mass is 10.2. The second-order valence-electron chi connectivity index (χ2n) is 5.10. The summed E-state index contributed by atoms with van der Waals surface area (Å²) in [6.07, 6.45) is 0.693. The molecule has 0 unspecified atom stereocenters. The number of benzene rings is 1. The molecule has 0 bridgehead atoms. The third kappa shape index (κ3) is 3.46. The standard InChI is InChI=1S/C15H17N3O4S2/c1-21-9-3-4-10(22-2)13-12(9)17-15(18-13)24-7-11(19)16-8-5-6-23-14(8)20/h3-4,8H,5-7H2,1-2H3,(H,16,19)(H,17,18)/t8-/m1/s1. The van der Waals surface area contributed by atoms with Crippen LogP contribution in [0.25, 0.3) is 11.0 Å². The molecule has 7 nitrogen and oxygen atoms in total. The van der Waals surface area contributed by atoms with Crippen molar-refractivity contribution in [3.63, 3.8) is 0 Å². The highest BCUT2D eigenvalue weighted by molar-refractivity contribution is 8.14. The number of aromatic nitrogens is 2. The Bertz CT molecular complexity index is 736. The van der Waals surface area contributed by atoms with Crippen molar-refractivity contribution in [2.45, 2.75) is 17.6 Å². The van der Waals surface area contributed by atoms with Crippen LogP contribution in [0.4, 0.5) is 0 Å². The summed E-state index contributed by atoms with van der Waals surface area (Å²) in [6.45, 7) is 0. The van der Waals surface area contributed by atoms with Gasteiger partial charge >= 0.3 is 0 Å². The van der Waals surface area contributed by atoms with Crippen molar-refractivity contribution < 1.29 is 19.1 Å². The highest BCUT2D eigenvalue weighted by Gasteiger charge is 2.26. The molecule has 2 heterocycles. The van der Waals surface area contributed by atoms with Crippen LogP contribution in [0.2, 0.25) is 0 Å². The summed E-state index contributed by atoms with van der Waals surface area (Å²) in [5.41, 5.74) is 1.38. The number of methoxy groups -OCH3 is 2. The maximum Gasteiger partial charge on any atom is 0.231 e. The number of amides is 1. The summed E-state index contributed by atoms with van der Waals surface area (Å²) in [4.78, 5) is 31.1. The van der Waals surface area contributed by atoms with E-state index in [1.807, 2.05) is 0 Å². The fourth-order valence-electron chi connectivity index (χ4n) is 2.42. The van der Waals surface area contributed by atoms with Gasteiger partial charge in [0, 0.05) is 5.75 Å². The molecule has 0 saturated carbocycles. The molecule has 1 aliphatic rings. The lowest BCUT2D eigenvalue weighted by molar-refractivity contribution is -0.122. The minimum absolute atomic E-state index is 0.0339. The van der Waals surface area contributed by atoms with E-state index >= 15 is 0 Å². The summed E-state index contributed by atoms with van der Waals surface area (Å²) in [5.74, 6) is 2.05. The zero-order valence-electron chi connectivity index (χ0n) is 13.3. The molecular formula is C15H17N3O4S2. The molecule has 1 aliphatic heterocycles. The van der Waals surface area contributed by atoms with Crippen LogP contribution in [0, 0.1) is 0 Å². The van der Waals surface area contributed by atoms with Crippen molar-refractivity contribution in [2.24, 2.45) is 0 Å². The summed E-state index contributed by atoms with van der Waals surface area (Å²) in [6, 6.07) is 3.22. The van der Waals surface area contributed by atoms with E-state index in [9.17, 15) is 9.59 Å². The van der Waals surface area contributed by atoms with Crippen molar-refractivity contribution in [1.82, 2.24) is 15.3 Å². The largest absolute Gasteiger partial charge is 0.494 e. The van der Waals surface area contributed by atoms with Crippen LogP contribution in [0.1, 0.15) is 6.42 Å². The average molecular weight is 367 g/mol. The van der Waals surface area contributed by atoms with Crippen LogP contribution < -0.4 is 14.8 Å². The number of carbonyl (C=O) groups is 2. The molecule has 3 rings (SSSR count). The van der Waals surface area contributed by atoms with Gasteiger partial charge in [-0.2, -0.15) is 0 Å². The Labute approximate surface area is 147 Å². The van der Waals surface area contributed by atoms with Gasteiger partial charge in [-0.1, -0.05) is 23.5 Å². The predicted molar refractivity (Wildman–Crippen MR) is 93.9 cm³/mol. The van der Waals surface area contributed by atoms with Gasteiger partial charge in [-0.05, 0) is 18.6 Å². The first-order valence-electron chi connectivity index (χ1n) is 7.32. The van der Waals surface area contributed by atoms with Crippen LogP contribution in [-0.2, 0) is 9.59 Å². The van der Waals surface area contributed by atoms with Crippen molar-refractivity contribution in [1.29, 1.82) is 0 Å². The van der Waals surface area contributed by atoms with Crippen molar-refractivity contribution in [3.8, 4) is 11.5 Å². The first-order valence-corrected chi connectivity index (χ1v) is 9.29. The maximum atomic E-state index is 12.0. The maximum absolute atomic E-state index is 12.0. The van der Waals surface area contributed by atoms with E-state index in [2.05, 4.69) is 15.3 Å². The number of ether oxygens (including phenoxy) is 2. The monoisotopic (exact) mass is 367 g/mol. The van der Waals surface area contributed by atoms with E-state index in [1.165, 1.54) is 23.5 Å². The Hall–Kier alpha value is -1.87. The van der Waals surface area contributed by atoms with E-state index in [0.29, 0.717) is 28.6 Å². The third-order valence-electron chi connectivity index (χ3n) is 3.60. The van der Waals surface area contributed by atoms with Crippen LogP contribution in [-0.4, -0.2) is 52.8 Å². The van der Waals surface area contributed by atoms with Gasteiger partial charge in [0.1, 0.15) is 22.5 Å². The molecule has 24 heavy (non-hydrogen) atoms. The minimum atomic E-state index is -0.362. The Morgan fingerprint density at radius 1 is 1.42 bits per heavy atom. The molecule has 9 heteroatoms. The highest BCUT2D eigenvalue weighted by atomic mass is 32.2. The summed E-state index contributed by atoms with van der Waals surface area (Å²) in [5, 5.41) is 3.38. The number of aromatic amines is 1. The number of rotatable bonds is 6. The number of H-pyrrole nitrogens is 1. The molecule has 0 radical (unpaired) electrons. The lowest BCUT2D eigenvalue weighted by Crippen LogP contribution is -2.38. The van der Waals surface area contributed by atoms with E-state index < -0.39 is 0 Å². The first-order chi connectivity index (χ1) is 11.6. The van der Waals surface area contributed by atoms with Gasteiger partial charge in [-0.3, -0.25) is 9.59 Å². The van der Waals surface area contributed by atoms with Gasteiger partial charge in [-0.25, -0.2) is 4.98 Å². The molecule has 1 aromatic carbocycles. The fourth-order valence-corrected chi connectivity index (χ4v) is 4.04. The van der Waals surface area contributed by atoms with E-state index in [0.717, 1.165) is 11.3 Å². The van der Waals surface area contributed by atoms with E-state index in [4.69, 9.17) is 9.47 Å². The number of fused-ring (bicyclic) bond motifs is 1. The highest BCUT2D eigenvalue weighted by Crippen LogP contribution is 2.33. The van der Waals surface area contributed by atoms with Gasteiger partial charge in [0.2, 0.25) is 11.0 Å². The molecule has 1 fully saturated rings. The normalized spacial score (nSPS) is 17.2. The predicted octanol–water partition coefficient (Wildman–Crippen LogP) is 1.82. The molecule has 1 amide bonds. The van der Waals surface area contributed by atoms with Crippen LogP contribution >= 0.6 is 23.5 Å². The third-order valence-corrected chi connectivity index (χ3v) is 5.48. The molecule has 2 N–H and O–H groups in total. The molecule has 0 spiro atoms. The molecule has 2 aromatic rings. The molecule has 1 atom stereocenters. The van der Waals surface area contributed by atoms with Crippen molar-refractivity contribution >= 4 is 45.6 Å². The van der Waals surface area contributed by atoms with E-state index in [-0.39, 0.29) is 22.8 Å². The summed E-state index contributed by atoms with van der Waals surface area (Å²) < 4.78 is 10.6. The van der Waals surface area contributed by atoms with Gasteiger partial charge in [0.15, 0.2) is 5.16 Å². The van der Waals surface area contributed by atoms with Gasteiger partial charge < -0.3 is 19.8 Å². The zero-order chi connectivity index (χ0) is 17.1. The molecule has 128 valence electrons. The smallest absolute Gasteiger partial charge is 0.231 e. The second-order valence-corrected chi connectivity index (χ2v) is 7.16. The number of hydrogen-bond donors (Lipinski definition) is 2. The Balaban J connectivity index is 1.69. The molecule has 1 saturated heterocycles. The minimum Gasteiger partial charge on any atom is -0.494 e. The summed E-state index contributed by atoms with van der Waals surface area (Å²) in [7, 11) is 3.16. The SMILES string of the molecule is COc1ccc(OC)c2[nH]c(SCC(=O)N[C@@H]3CCSC3=O)nc12.